The Bertz CT molecular complexity index is 2130. The zero-order valence-electron chi connectivity index (χ0n) is 26.2. The van der Waals surface area contributed by atoms with E-state index in [0.717, 1.165) is 59.5 Å². The third kappa shape index (κ3) is 4.36. The lowest BCUT2D eigenvalue weighted by Crippen LogP contribution is -2.37. The van der Waals surface area contributed by atoms with E-state index in [4.69, 9.17) is 23.7 Å². The minimum absolute atomic E-state index is 0.634. The van der Waals surface area contributed by atoms with Gasteiger partial charge in [0.15, 0.2) is 28.6 Å². The second-order valence-electron chi connectivity index (χ2n) is 11.7. The van der Waals surface area contributed by atoms with Crippen LogP contribution in [0.1, 0.15) is 16.7 Å². The normalized spacial score (nSPS) is 17.6. The van der Waals surface area contributed by atoms with E-state index >= 15 is 0 Å². The van der Waals surface area contributed by atoms with E-state index in [9.17, 15) is 0 Å². The lowest BCUT2D eigenvalue weighted by molar-refractivity contribution is 0.122. The third-order valence-corrected chi connectivity index (χ3v) is 9.44. The van der Waals surface area contributed by atoms with E-state index < -0.39 is 5.60 Å². The van der Waals surface area contributed by atoms with Crippen LogP contribution in [0, 0.1) is 0 Å². The smallest absolute Gasteiger partial charge is 0.178 e. The first-order valence-electron chi connectivity index (χ1n) is 15.6. The van der Waals surface area contributed by atoms with Gasteiger partial charge in [-0.15, -0.1) is 0 Å². The Labute approximate surface area is 268 Å². The van der Waals surface area contributed by atoms with E-state index in [0.29, 0.717) is 23.0 Å². The number of benzene rings is 6. The molecule has 8 rings (SSSR count). The number of hydrogen-bond acceptors (Lipinski definition) is 6. The Morgan fingerprint density at radius 3 is 1.89 bits per heavy atom. The number of anilines is 1. The molecule has 6 nitrogen and oxygen atoms in total. The van der Waals surface area contributed by atoms with Crippen LogP contribution in [0.4, 0.5) is 5.69 Å². The fraction of sp³-hybridized carbons (Fsp3) is 0.200. The van der Waals surface area contributed by atoms with Crippen molar-refractivity contribution in [3.05, 3.63) is 120 Å². The van der Waals surface area contributed by atoms with Crippen LogP contribution in [0.5, 0.6) is 23.0 Å². The molecule has 2 heterocycles. The topological polar surface area (TPSA) is 49.4 Å². The van der Waals surface area contributed by atoms with Gasteiger partial charge in [0, 0.05) is 40.9 Å². The molecule has 2 aliphatic heterocycles. The maximum Gasteiger partial charge on any atom is 0.178 e. The molecule has 2 aliphatic rings. The Balaban J connectivity index is 1.38. The molecule has 0 radical (unpaired) electrons. The highest BCUT2D eigenvalue weighted by Crippen LogP contribution is 2.52. The summed E-state index contributed by atoms with van der Waals surface area (Å²) in [6, 6.07) is 34.0. The molecular weight excluding hydrogens is 574 g/mol. The van der Waals surface area contributed by atoms with E-state index in [-0.39, 0.29) is 0 Å². The van der Waals surface area contributed by atoms with Crippen LogP contribution in [-0.4, -0.2) is 47.6 Å². The summed E-state index contributed by atoms with van der Waals surface area (Å²) in [5.41, 5.74) is 3.10. The Hall–Kier alpha value is -5.20. The van der Waals surface area contributed by atoms with Crippen LogP contribution in [0.25, 0.3) is 38.4 Å². The second kappa shape index (κ2) is 11.3. The van der Waals surface area contributed by atoms with Gasteiger partial charge in [-0.1, -0.05) is 66.7 Å². The second-order valence-corrected chi connectivity index (χ2v) is 11.7. The number of methoxy groups -OCH3 is 3. The van der Waals surface area contributed by atoms with Crippen molar-refractivity contribution < 1.29 is 23.7 Å². The van der Waals surface area contributed by atoms with Crippen molar-refractivity contribution >= 4 is 44.1 Å². The Morgan fingerprint density at radius 1 is 0.609 bits per heavy atom. The van der Waals surface area contributed by atoms with E-state index in [1.54, 1.807) is 21.3 Å². The molecule has 1 fully saturated rings. The van der Waals surface area contributed by atoms with Crippen LogP contribution in [-0.2, 0) is 10.3 Å². The van der Waals surface area contributed by atoms with Crippen molar-refractivity contribution in [1.29, 1.82) is 0 Å². The zero-order valence-corrected chi connectivity index (χ0v) is 26.2. The summed E-state index contributed by atoms with van der Waals surface area (Å²) in [6.45, 7) is 3.21. The summed E-state index contributed by atoms with van der Waals surface area (Å²) in [6.07, 6.45) is 4.38. The lowest BCUT2D eigenvalue weighted by atomic mass is 9.82. The number of ether oxygens (including phenoxy) is 5. The SMILES string of the molecule is COc1ccc(C2(c3ccc(N4CCOCC4)cc3)C=Cc3c(c(OC)cc4c5ccccc5c5ccccc5c34)O2)cc1OC. The maximum absolute atomic E-state index is 7.30. The van der Waals surface area contributed by atoms with Crippen molar-refractivity contribution in [3.8, 4) is 23.0 Å². The van der Waals surface area contributed by atoms with E-state index in [2.05, 4.69) is 95.9 Å². The first-order valence-corrected chi connectivity index (χ1v) is 15.6. The van der Waals surface area contributed by atoms with E-state index in [1.165, 1.54) is 21.5 Å². The molecule has 230 valence electrons. The maximum atomic E-state index is 7.30. The molecule has 0 aromatic heterocycles. The summed E-state index contributed by atoms with van der Waals surface area (Å²) < 4.78 is 30.3. The van der Waals surface area contributed by atoms with Gasteiger partial charge in [-0.3, -0.25) is 0 Å². The molecule has 0 bridgehead atoms. The average molecular weight is 610 g/mol. The van der Waals surface area contributed by atoms with Crippen molar-refractivity contribution in [1.82, 2.24) is 0 Å². The number of morpholine rings is 1. The van der Waals surface area contributed by atoms with Crippen molar-refractivity contribution in [2.24, 2.45) is 0 Å². The zero-order chi connectivity index (χ0) is 31.3. The molecule has 0 saturated carbocycles. The molecule has 1 atom stereocenters. The first kappa shape index (κ1) is 28.3. The summed E-state index contributed by atoms with van der Waals surface area (Å²) >= 11 is 0. The van der Waals surface area contributed by atoms with E-state index in [1.807, 2.05) is 18.2 Å². The third-order valence-electron chi connectivity index (χ3n) is 9.44. The molecule has 0 spiro atoms. The molecule has 6 aromatic carbocycles. The van der Waals surface area contributed by atoms with Gasteiger partial charge in [-0.05, 0) is 69.4 Å². The Morgan fingerprint density at radius 2 is 1.22 bits per heavy atom. The molecule has 1 unspecified atom stereocenters. The van der Waals surface area contributed by atoms with Gasteiger partial charge in [0.25, 0.3) is 0 Å². The Kier molecular flexibility index (Phi) is 6.95. The van der Waals surface area contributed by atoms with Gasteiger partial charge in [0.05, 0.1) is 34.5 Å². The summed E-state index contributed by atoms with van der Waals surface area (Å²) in [5.74, 6) is 2.67. The molecular formula is C40H35NO5. The van der Waals surface area contributed by atoms with Crippen molar-refractivity contribution in [3.63, 3.8) is 0 Å². The van der Waals surface area contributed by atoms with Gasteiger partial charge in [-0.2, -0.15) is 0 Å². The number of fused-ring (bicyclic) bond motifs is 8. The monoisotopic (exact) mass is 609 g/mol. The fourth-order valence-corrected chi connectivity index (χ4v) is 7.15. The molecule has 6 heteroatoms. The minimum atomic E-state index is -0.969. The summed E-state index contributed by atoms with van der Waals surface area (Å²) in [4.78, 5) is 2.35. The van der Waals surface area contributed by atoms with Crippen molar-refractivity contribution in [2.45, 2.75) is 5.60 Å². The largest absolute Gasteiger partial charge is 0.493 e. The molecule has 1 saturated heterocycles. The van der Waals surface area contributed by atoms with Gasteiger partial charge >= 0.3 is 0 Å². The van der Waals surface area contributed by atoms with Gasteiger partial charge in [0.1, 0.15) is 0 Å². The number of hydrogen-bond donors (Lipinski definition) is 0. The standard InChI is InChI=1S/C40H35NO5/c1-42-35-17-14-27(24-36(35)43-2)40(26-12-15-28(16-13-26)41-20-22-45-23-21-41)19-18-33-38-32-11-7-6-9-30(32)29-8-4-5-10-31(29)34(38)25-37(44-3)39(33)46-40/h4-19,24-25H,20-23H2,1-3H3. The molecule has 0 aliphatic carbocycles. The van der Waals surface area contributed by atoms with Crippen LogP contribution in [0.15, 0.2) is 103 Å². The van der Waals surface area contributed by atoms with Crippen LogP contribution in [0.3, 0.4) is 0 Å². The van der Waals surface area contributed by atoms with Gasteiger partial charge < -0.3 is 28.6 Å². The molecule has 0 N–H and O–H groups in total. The van der Waals surface area contributed by atoms with Crippen molar-refractivity contribution in [2.75, 3.05) is 52.5 Å². The number of nitrogens with zero attached hydrogens (tertiary/aromatic N) is 1. The molecule has 46 heavy (non-hydrogen) atoms. The predicted octanol–water partition coefficient (Wildman–Crippen LogP) is 8.36. The highest BCUT2D eigenvalue weighted by atomic mass is 16.5. The molecule has 6 aromatic rings. The summed E-state index contributed by atoms with van der Waals surface area (Å²) in [5, 5.41) is 7.06. The fourth-order valence-electron chi connectivity index (χ4n) is 7.15. The first-order chi connectivity index (χ1) is 22.6. The van der Waals surface area contributed by atoms with Crippen LogP contribution < -0.4 is 23.8 Å². The highest BCUT2D eigenvalue weighted by Gasteiger charge is 2.40. The lowest BCUT2D eigenvalue weighted by Gasteiger charge is -2.38. The molecule has 0 amide bonds. The number of rotatable bonds is 6. The predicted molar refractivity (Wildman–Crippen MR) is 185 cm³/mol. The van der Waals surface area contributed by atoms with Crippen LogP contribution >= 0.6 is 0 Å². The van der Waals surface area contributed by atoms with Gasteiger partial charge in [0.2, 0.25) is 0 Å². The van der Waals surface area contributed by atoms with Gasteiger partial charge in [-0.25, -0.2) is 0 Å². The highest BCUT2D eigenvalue weighted by molar-refractivity contribution is 6.27. The summed E-state index contributed by atoms with van der Waals surface area (Å²) in [7, 11) is 5.01. The minimum Gasteiger partial charge on any atom is -0.493 e. The van der Waals surface area contributed by atoms with Crippen LogP contribution in [0.2, 0.25) is 0 Å². The quantitative estimate of drug-likeness (QED) is 0.177. The average Bonchev–Trinajstić information content (AvgIpc) is 3.14.